The van der Waals surface area contributed by atoms with Gasteiger partial charge in [-0.15, -0.1) is 0 Å². The molecule has 0 radical (unpaired) electrons. The van der Waals surface area contributed by atoms with Gasteiger partial charge in [-0.2, -0.15) is 4.98 Å². The van der Waals surface area contributed by atoms with Crippen LogP contribution >= 0.6 is 11.6 Å². The molecular weight excluding hydrogens is 322 g/mol. The van der Waals surface area contributed by atoms with E-state index in [4.69, 9.17) is 16.3 Å². The number of rotatable bonds is 6. The quantitative estimate of drug-likeness (QED) is 0.575. The molecule has 0 amide bonds. The summed E-state index contributed by atoms with van der Waals surface area (Å²) in [6, 6.07) is 15.9. The number of para-hydroxylation sites is 1. The molecule has 0 unspecified atom stereocenters. The molecule has 5 heteroatoms. The monoisotopic (exact) mass is 341 g/mol. The molecular formula is C19H20ClN3O. The highest BCUT2D eigenvalue weighted by atomic mass is 35.5. The maximum atomic E-state index is 6.13. The van der Waals surface area contributed by atoms with Gasteiger partial charge in [-0.1, -0.05) is 19.1 Å². The van der Waals surface area contributed by atoms with Gasteiger partial charge in [-0.25, -0.2) is 4.98 Å². The van der Waals surface area contributed by atoms with Crippen molar-refractivity contribution in [3.8, 4) is 5.75 Å². The highest BCUT2D eigenvalue weighted by Gasteiger charge is 2.14. The van der Waals surface area contributed by atoms with Crippen LogP contribution in [-0.4, -0.2) is 23.1 Å². The van der Waals surface area contributed by atoms with Gasteiger partial charge < -0.3 is 9.64 Å². The summed E-state index contributed by atoms with van der Waals surface area (Å²) in [5, 5.41) is 1.24. The van der Waals surface area contributed by atoms with E-state index >= 15 is 0 Å². The lowest BCUT2D eigenvalue weighted by Gasteiger charge is -2.23. The van der Waals surface area contributed by atoms with Gasteiger partial charge in [0.15, 0.2) is 0 Å². The first-order valence-electron chi connectivity index (χ1n) is 8.15. The first-order valence-corrected chi connectivity index (χ1v) is 8.53. The SMILES string of the molecule is CCCOc1ccc(N(CC)c2nc(Cl)nc3ccccc23)cc1. The summed E-state index contributed by atoms with van der Waals surface area (Å²) < 4.78 is 5.65. The Morgan fingerprint density at radius 3 is 2.46 bits per heavy atom. The molecule has 24 heavy (non-hydrogen) atoms. The smallest absolute Gasteiger partial charge is 0.224 e. The van der Waals surface area contributed by atoms with Crippen molar-refractivity contribution in [1.29, 1.82) is 0 Å². The number of aromatic nitrogens is 2. The molecule has 4 nitrogen and oxygen atoms in total. The minimum Gasteiger partial charge on any atom is -0.494 e. The van der Waals surface area contributed by atoms with Crippen molar-refractivity contribution in [3.63, 3.8) is 0 Å². The number of hydrogen-bond acceptors (Lipinski definition) is 4. The summed E-state index contributed by atoms with van der Waals surface area (Å²) in [5.74, 6) is 1.69. The lowest BCUT2D eigenvalue weighted by molar-refractivity contribution is 0.317. The number of ether oxygens (including phenoxy) is 1. The average molecular weight is 342 g/mol. The molecule has 2 aromatic carbocycles. The Hall–Kier alpha value is -2.33. The Morgan fingerprint density at radius 1 is 1.00 bits per heavy atom. The topological polar surface area (TPSA) is 38.2 Å². The fraction of sp³-hybridized carbons (Fsp3) is 0.263. The van der Waals surface area contributed by atoms with Crippen LogP contribution in [0.15, 0.2) is 48.5 Å². The Balaban J connectivity index is 2.00. The number of halogens is 1. The van der Waals surface area contributed by atoms with Crippen LogP contribution in [0, 0.1) is 0 Å². The van der Waals surface area contributed by atoms with Gasteiger partial charge in [0.05, 0.1) is 12.1 Å². The molecule has 0 saturated carbocycles. The second kappa shape index (κ2) is 7.49. The maximum Gasteiger partial charge on any atom is 0.224 e. The van der Waals surface area contributed by atoms with Gasteiger partial charge in [-0.3, -0.25) is 0 Å². The lowest BCUT2D eigenvalue weighted by atomic mass is 10.2. The zero-order valence-electron chi connectivity index (χ0n) is 13.9. The van der Waals surface area contributed by atoms with E-state index in [-0.39, 0.29) is 5.28 Å². The first kappa shape index (κ1) is 16.5. The molecule has 0 spiro atoms. The summed E-state index contributed by atoms with van der Waals surface area (Å²) in [5.41, 5.74) is 1.88. The van der Waals surface area contributed by atoms with Crippen molar-refractivity contribution in [2.45, 2.75) is 20.3 Å². The van der Waals surface area contributed by atoms with Crippen molar-refractivity contribution in [3.05, 3.63) is 53.8 Å². The molecule has 0 aliphatic heterocycles. The van der Waals surface area contributed by atoms with Crippen LogP contribution in [0.25, 0.3) is 10.9 Å². The Bertz CT molecular complexity index is 820. The molecule has 0 fully saturated rings. The van der Waals surface area contributed by atoms with Crippen LogP contribution in [0.3, 0.4) is 0 Å². The van der Waals surface area contributed by atoms with E-state index in [0.29, 0.717) is 0 Å². The summed E-state index contributed by atoms with van der Waals surface area (Å²) >= 11 is 6.13. The third kappa shape index (κ3) is 3.44. The van der Waals surface area contributed by atoms with Crippen molar-refractivity contribution < 1.29 is 4.74 Å². The highest BCUT2D eigenvalue weighted by molar-refractivity contribution is 6.28. The maximum absolute atomic E-state index is 6.13. The molecule has 3 aromatic rings. The summed E-state index contributed by atoms with van der Waals surface area (Å²) in [6.07, 6.45) is 0.994. The fourth-order valence-corrected chi connectivity index (χ4v) is 2.81. The Labute approximate surface area is 147 Å². The molecule has 3 rings (SSSR count). The van der Waals surface area contributed by atoms with Gasteiger partial charge in [0.1, 0.15) is 11.6 Å². The van der Waals surface area contributed by atoms with E-state index in [9.17, 15) is 0 Å². The molecule has 124 valence electrons. The highest BCUT2D eigenvalue weighted by Crippen LogP contribution is 2.31. The Morgan fingerprint density at radius 2 is 1.75 bits per heavy atom. The van der Waals surface area contributed by atoms with E-state index in [1.807, 2.05) is 48.5 Å². The zero-order valence-corrected chi connectivity index (χ0v) is 14.6. The average Bonchev–Trinajstić information content (AvgIpc) is 2.61. The first-order chi connectivity index (χ1) is 11.7. The van der Waals surface area contributed by atoms with E-state index in [1.165, 1.54) is 0 Å². The van der Waals surface area contributed by atoms with Crippen molar-refractivity contribution in [2.75, 3.05) is 18.1 Å². The largest absolute Gasteiger partial charge is 0.494 e. The predicted octanol–water partition coefficient (Wildman–Crippen LogP) is 5.23. The van der Waals surface area contributed by atoms with Crippen molar-refractivity contribution in [2.24, 2.45) is 0 Å². The van der Waals surface area contributed by atoms with E-state index in [2.05, 4.69) is 28.7 Å². The van der Waals surface area contributed by atoms with Crippen LogP contribution in [0.1, 0.15) is 20.3 Å². The van der Waals surface area contributed by atoms with E-state index in [1.54, 1.807) is 0 Å². The van der Waals surface area contributed by atoms with Crippen molar-refractivity contribution in [1.82, 2.24) is 9.97 Å². The van der Waals surface area contributed by atoms with Gasteiger partial charge >= 0.3 is 0 Å². The summed E-state index contributed by atoms with van der Waals surface area (Å²) in [4.78, 5) is 10.9. The molecule has 1 aromatic heterocycles. The number of benzene rings is 2. The van der Waals surface area contributed by atoms with Crippen LogP contribution in [-0.2, 0) is 0 Å². The molecule has 0 aliphatic rings. The van der Waals surface area contributed by atoms with Gasteiger partial charge in [-0.05, 0) is 61.3 Å². The molecule has 1 heterocycles. The second-order valence-corrected chi connectivity index (χ2v) is 5.76. The molecule has 0 atom stereocenters. The van der Waals surface area contributed by atoms with Crippen LogP contribution < -0.4 is 9.64 Å². The third-order valence-electron chi connectivity index (χ3n) is 3.75. The Kier molecular flexibility index (Phi) is 5.16. The number of anilines is 2. The predicted molar refractivity (Wildman–Crippen MR) is 99.5 cm³/mol. The minimum atomic E-state index is 0.255. The molecule has 0 aliphatic carbocycles. The number of nitrogens with zero attached hydrogens (tertiary/aromatic N) is 3. The van der Waals surface area contributed by atoms with E-state index < -0.39 is 0 Å². The third-order valence-corrected chi connectivity index (χ3v) is 3.92. The summed E-state index contributed by atoms with van der Waals surface area (Å²) in [7, 11) is 0. The van der Waals surface area contributed by atoms with Gasteiger partial charge in [0.2, 0.25) is 5.28 Å². The van der Waals surface area contributed by atoms with Crippen molar-refractivity contribution >= 4 is 34.0 Å². The lowest BCUT2D eigenvalue weighted by Crippen LogP contribution is -2.18. The van der Waals surface area contributed by atoms with Gasteiger partial charge in [0.25, 0.3) is 0 Å². The standard InChI is InChI=1S/C19H20ClN3O/c1-3-13-24-15-11-9-14(10-12-15)23(4-2)18-16-7-5-6-8-17(16)21-19(20)22-18/h5-12H,3-4,13H2,1-2H3. The molecule has 0 saturated heterocycles. The summed E-state index contributed by atoms with van der Waals surface area (Å²) in [6.45, 7) is 5.68. The number of fused-ring (bicyclic) bond motifs is 1. The molecule has 0 bridgehead atoms. The van der Waals surface area contributed by atoms with Crippen LogP contribution in [0.4, 0.5) is 11.5 Å². The zero-order chi connectivity index (χ0) is 16.9. The van der Waals surface area contributed by atoms with E-state index in [0.717, 1.165) is 47.7 Å². The van der Waals surface area contributed by atoms with Crippen LogP contribution in [0.5, 0.6) is 5.75 Å². The minimum absolute atomic E-state index is 0.255. The molecule has 0 N–H and O–H groups in total. The second-order valence-electron chi connectivity index (χ2n) is 5.42. The number of hydrogen-bond donors (Lipinski definition) is 0. The van der Waals surface area contributed by atoms with Gasteiger partial charge in [0, 0.05) is 17.6 Å². The van der Waals surface area contributed by atoms with Crippen LogP contribution in [0.2, 0.25) is 5.28 Å². The normalized spacial score (nSPS) is 10.8. The fourth-order valence-electron chi connectivity index (χ4n) is 2.63.